The van der Waals surface area contributed by atoms with Gasteiger partial charge in [-0.15, -0.1) is 0 Å². The maximum absolute atomic E-state index is 12.6. The molecular formula is C22H27NO5. The van der Waals surface area contributed by atoms with Crippen molar-refractivity contribution in [3.8, 4) is 5.75 Å². The highest BCUT2D eigenvalue weighted by atomic mass is 16.6. The third-order valence-electron chi connectivity index (χ3n) is 3.94. The van der Waals surface area contributed by atoms with Gasteiger partial charge in [-0.05, 0) is 44.0 Å². The number of nitrogens with two attached hydrogens (primary N) is 1. The van der Waals surface area contributed by atoms with Gasteiger partial charge in [0.2, 0.25) is 5.54 Å². The van der Waals surface area contributed by atoms with Crippen molar-refractivity contribution in [3.63, 3.8) is 0 Å². The number of hydrogen-bond acceptors (Lipinski definition) is 6. The molecule has 28 heavy (non-hydrogen) atoms. The average Bonchev–Trinajstić information content (AvgIpc) is 2.65. The van der Waals surface area contributed by atoms with E-state index in [0.717, 1.165) is 5.56 Å². The van der Waals surface area contributed by atoms with Gasteiger partial charge in [0.1, 0.15) is 18.0 Å². The van der Waals surface area contributed by atoms with Crippen molar-refractivity contribution in [3.05, 3.63) is 65.7 Å². The van der Waals surface area contributed by atoms with Crippen LogP contribution in [0.1, 0.15) is 31.9 Å². The van der Waals surface area contributed by atoms with Crippen LogP contribution in [-0.4, -0.2) is 30.2 Å². The highest BCUT2D eigenvalue weighted by Crippen LogP contribution is 2.22. The molecule has 0 aliphatic rings. The molecule has 0 saturated heterocycles. The first-order chi connectivity index (χ1) is 13.1. The lowest BCUT2D eigenvalue weighted by Gasteiger charge is -2.29. The van der Waals surface area contributed by atoms with Crippen molar-refractivity contribution in [1.82, 2.24) is 0 Å². The van der Waals surface area contributed by atoms with Crippen LogP contribution in [0.5, 0.6) is 5.75 Å². The van der Waals surface area contributed by atoms with Crippen LogP contribution in [0.2, 0.25) is 0 Å². The maximum atomic E-state index is 12.6. The van der Waals surface area contributed by atoms with Gasteiger partial charge in [0.25, 0.3) is 0 Å². The zero-order chi connectivity index (χ0) is 20.8. The Morgan fingerprint density at radius 3 is 2.18 bits per heavy atom. The van der Waals surface area contributed by atoms with Gasteiger partial charge < -0.3 is 19.9 Å². The molecule has 2 rings (SSSR count). The quantitative estimate of drug-likeness (QED) is 0.582. The summed E-state index contributed by atoms with van der Waals surface area (Å²) in [6, 6.07) is 16.8. The zero-order valence-electron chi connectivity index (χ0n) is 16.7. The van der Waals surface area contributed by atoms with Crippen LogP contribution < -0.4 is 10.5 Å². The third kappa shape index (κ3) is 5.82. The second-order valence-corrected chi connectivity index (χ2v) is 7.56. The Bertz CT molecular complexity index is 813. The van der Waals surface area contributed by atoms with Crippen molar-refractivity contribution >= 4 is 11.9 Å². The van der Waals surface area contributed by atoms with Gasteiger partial charge in [0, 0.05) is 6.42 Å². The van der Waals surface area contributed by atoms with Crippen LogP contribution in [0, 0.1) is 0 Å². The minimum Gasteiger partial charge on any atom is -0.489 e. The first-order valence-corrected chi connectivity index (χ1v) is 9.00. The summed E-state index contributed by atoms with van der Waals surface area (Å²) in [6.07, 6.45) is -0.0723. The van der Waals surface area contributed by atoms with Gasteiger partial charge in [0.15, 0.2) is 0 Å². The normalized spacial score (nSPS) is 13.3. The van der Waals surface area contributed by atoms with Crippen molar-refractivity contribution in [1.29, 1.82) is 0 Å². The van der Waals surface area contributed by atoms with E-state index in [1.165, 1.54) is 7.11 Å². The smallest absolute Gasteiger partial charge is 0.338 e. The average molecular weight is 385 g/mol. The minimum atomic E-state index is -1.94. The first-order valence-electron chi connectivity index (χ1n) is 9.00. The highest BCUT2D eigenvalue weighted by Gasteiger charge is 2.46. The minimum absolute atomic E-state index is 0.0723. The fourth-order valence-corrected chi connectivity index (χ4v) is 2.59. The summed E-state index contributed by atoms with van der Waals surface area (Å²) in [5.41, 5.74) is 5.12. The summed E-state index contributed by atoms with van der Waals surface area (Å²) in [4.78, 5) is 24.9. The molecule has 0 heterocycles. The van der Waals surface area contributed by atoms with Crippen LogP contribution >= 0.6 is 0 Å². The lowest BCUT2D eigenvalue weighted by molar-refractivity contribution is -0.170. The van der Waals surface area contributed by atoms with Gasteiger partial charge in [-0.25, -0.2) is 9.59 Å². The standard InChI is InChI=1S/C22H27NO5/c1-21(2,3)28-20(25)22(23,19(24)26-4)14-17-11-8-12-18(13-17)27-15-16-9-6-5-7-10-16/h5-13H,14-15,23H2,1-4H3. The molecule has 0 bridgehead atoms. The van der Waals surface area contributed by atoms with Crippen LogP contribution in [0.3, 0.4) is 0 Å². The van der Waals surface area contributed by atoms with Crippen molar-refractivity contribution < 1.29 is 23.8 Å². The zero-order valence-corrected chi connectivity index (χ0v) is 16.7. The lowest BCUT2D eigenvalue weighted by Crippen LogP contribution is -2.59. The van der Waals surface area contributed by atoms with Gasteiger partial charge >= 0.3 is 11.9 Å². The molecule has 0 aliphatic carbocycles. The Kier molecular flexibility index (Phi) is 6.80. The topological polar surface area (TPSA) is 87.9 Å². The predicted octanol–water partition coefficient (Wildman–Crippen LogP) is 3.02. The molecule has 0 aromatic heterocycles. The Balaban J connectivity index is 2.17. The number of hydrogen-bond donors (Lipinski definition) is 1. The van der Waals surface area contributed by atoms with E-state index in [-0.39, 0.29) is 6.42 Å². The van der Waals surface area contributed by atoms with E-state index < -0.39 is 23.1 Å². The molecule has 1 unspecified atom stereocenters. The van der Waals surface area contributed by atoms with E-state index in [9.17, 15) is 9.59 Å². The van der Waals surface area contributed by atoms with Gasteiger partial charge in [-0.1, -0.05) is 42.5 Å². The van der Waals surface area contributed by atoms with E-state index in [1.807, 2.05) is 30.3 Å². The number of esters is 2. The van der Waals surface area contributed by atoms with Crippen molar-refractivity contribution in [2.45, 2.75) is 44.9 Å². The summed E-state index contributed by atoms with van der Waals surface area (Å²) in [5, 5.41) is 0. The Labute approximate surface area is 165 Å². The first kappa shape index (κ1) is 21.4. The SMILES string of the molecule is COC(=O)C(N)(Cc1cccc(OCc2ccccc2)c1)C(=O)OC(C)(C)C. The largest absolute Gasteiger partial charge is 0.489 e. The highest BCUT2D eigenvalue weighted by molar-refractivity contribution is 6.05. The summed E-state index contributed by atoms with van der Waals surface area (Å²) < 4.78 is 15.9. The van der Waals surface area contributed by atoms with E-state index >= 15 is 0 Å². The number of carbonyl (C=O) groups is 2. The number of methoxy groups -OCH3 is 1. The van der Waals surface area contributed by atoms with E-state index in [4.69, 9.17) is 19.9 Å². The molecule has 2 aromatic rings. The molecule has 150 valence electrons. The molecular weight excluding hydrogens is 358 g/mol. The number of ether oxygens (including phenoxy) is 3. The summed E-state index contributed by atoms with van der Waals surface area (Å²) >= 11 is 0. The summed E-state index contributed by atoms with van der Waals surface area (Å²) in [6.45, 7) is 5.53. The molecule has 0 spiro atoms. The Morgan fingerprint density at radius 1 is 0.929 bits per heavy atom. The molecule has 6 nitrogen and oxygen atoms in total. The maximum Gasteiger partial charge on any atom is 0.338 e. The Morgan fingerprint density at radius 2 is 1.57 bits per heavy atom. The third-order valence-corrected chi connectivity index (χ3v) is 3.94. The fourth-order valence-electron chi connectivity index (χ4n) is 2.59. The van der Waals surface area contributed by atoms with Gasteiger partial charge in [0.05, 0.1) is 7.11 Å². The molecule has 6 heteroatoms. The number of rotatable bonds is 7. The van der Waals surface area contributed by atoms with Gasteiger partial charge in [-0.3, -0.25) is 0 Å². The van der Waals surface area contributed by atoms with Gasteiger partial charge in [-0.2, -0.15) is 0 Å². The van der Waals surface area contributed by atoms with Crippen LogP contribution in [-0.2, 0) is 32.1 Å². The van der Waals surface area contributed by atoms with Crippen LogP contribution in [0.25, 0.3) is 0 Å². The Hall–Kier alpha value is -2.86. The molecule has 0 radical (unpaired) electrons. The van der Waals surface area contributed by atoms with E-state index in [0.29, 0.717) is 17.9 Å². The number of carbonyl (C=O) groups excluding carboxylic acids is 2. The molecule has 0 aliphatic heterocycles. The van der Waals surface area contributed by atoms with Crippen LogP contribution in [0.4, 0.5) is 0 Å². The summed E-state index contributed by atoms with van der Waals surface area (Å²) in [7, 11) is 1.19. The van der Waals surface area contributed by atoms with Crippen molar-refractivity contribution in [2.24, 2.45) is 5.73 Å². The molecule has 2 N–H and O–H groups in total. The number of benzene rings is 2. The molecule has 0 fully saturated rings. The predicted molar refractivity (Wildman–Crippen MR) is 106 cm³/mol. The van der Waals surface area contributed by atoms with E-state index in [1.54, 1.807) is 45.0 Å². The molecule has 1 atom stereocenters. The monoisotopic (exact) mass is 385 g/mol. The van der Waals surface area contributed by atoms with Crippen molar-refractivity contribution in [2.75, 3.05) is 7.11 Å². The molecule has 0 saturated carbocycles. The molecule has 0 amide bonds. The fraction of sp³-hybridized carbons (Fsp3) is 0.364. The van der Waals surface area contributed by atoms with E-state index in [2.05, 4.69) is 0 Å². The lowest BCUT2D eigenvalue weighted by atomic mass is 9.91. The summed E-state index contributed by atoms with van der Waals surface area (Å²) in [5.74, 6) is -1.07. The second kappa shape index (κ2) is 8.89. The second-order valence-electron chi connectivity index (χ2n) is 7.56. The van der Waals surface area contributed by atoms with Crippen LogP contribution in [0.15, 0.2) is 54.6 Å². The molecule has 2 aromatic carbocycles.